The summed E-state index contributed by atoms with van der Waals surface area (Å²) < 4.78 is 0. The lowest BCUT2D eigenvalue weighted by Crippen LogP contribution is -2.19. The molecule has 24 heavy (non-hydrogen) atoms. The third kappa shape index (κ3) is 2.48. The number of ketones is 1. The van der Waals surface area contributed by atoms with Gasteiger partial charge >= 0.3 is 5.70 Å². The van der Waals surface area contributed by atoms with Gasteiger partial charge in [-0.2, -0.15) is 0 Å². The van der Waals surface area contributed by atoms with Gasteiger partial charge in [-0.15, -0.1) is 0 Å². The molecule has 0 N–H and O–H groups in total. The van der Waals surface area contributed by atoms with Crippen LogP contribution in [0, 0.1) is 10.1 Å². The molecule has 1 aliphatic heterocycles. The Morgan fingerprint density at radius 3 is 2.25 bits per heavy atom. The van der Waals surface area contributed by atoms with Crippen molar-refractivity contribution in [2.45, 2.75) is 19.8 Å². The van der Waals surface area contributed by atoms with Crippen molar-refractivity contribution in [3.63, 3.8) is 0 Å². The molecule has 0 bridgehead atoms. The van der Waals surface area contributed by atoms with Crippen LogP contribution in [-0.4, -0.2) is 17.8 Å². The van der Waals surface area contributed by atoms with Gasteiger partial charge in [-0.3, -0.25) is 14.9 Å². The molecule has 0 aromatic heterocycles. The van der Waals surface area contributed by atoms with E-state index < -0.39 is 4.92 Å². The van der Waals surface area contributed by atoms with Crippen LogP contribution in [0.1, 0.15) is 41.3 Å². The highest BCUT2D eigenvalue weighted by Crippen LogP contribution is 2.37. The van der Waals surface area contributed by atoms with Crippen molar-refractivity contribution in [1.82, 2.24) is 0 Å². The minimum atomic E-state index is -0.472. The maximum atomic E-state index is 12.7. The largest absolute Gasteiger partial charge is 0.335 e. The zero-order chi connectivity index (χ0) is 17.4. The number of carbonyl (C=O) groups excluding carboxylic acids is 1. The number of nitrogens with zero attached hydrogens (tertiary/aromatic N) is 2. The summed E-state index contributed by atoms with van der Waals surface area (Å²) in [6.07, 6.45) is 0. The number of allylic oxidation sites excluding steroid dienone is 1. The van der Waals surface area contributed by atoms with Crippen molar-refractivity contribution < 1.29 is 9.72 Å². The summed E-state index contributed by atoms with van der Waals surface area (Å²) in [7, 11) is 1.69. The van der Waals surface area contributed by atoms with Gasteiger partial charge in [0.2, 0.25) is 5.78 Å². The molecule has 0 saturated carbocycles. The van der Waals surface area contributed by atoms with Gasteiger partial charge in [0.15, 0.2) is 5.70 Å². The normalized spacial score (nSPS) is 15.7. The molecule has 5 heteroatoms. The second kappa shape index (κ2) is 5.92. The van der Waals surface area contributed by atoms with Gasteiger partial charge < -0.3 is 4.90 Å². The van der Waals surface area contributed by atoms with Gasteiger partial charge in [0.1, 0.15) is 0 Å². The number of rotatable bonds is 3. The standard InChI is InChI=1S/C19H18N2O3/c1-12(2)13-8-10-14(11-9-13)17(21(23)24)18-19(22)15-6-4-5-7-16(15)20(18)3/h4-12H,1-3H3/b18-17+. The molecule has 3 rings (SSSR count). The van der Waals surface area contributed by atoms with Gasteiger partial charge in [0.25, 0.3) is 0 Å². The third-order valence-corrected chi connectivity index (χ3v) is 4.32. The van der Waals surface area contributed by atoms with Crippen LogP contribution in [0.25, 0.3) is 5.70 Å². The first-order valence-corrected chi connectivity index (χ1v) is 7.78. The first-order valence-electron chi connectivity index (χ1n) is 7.78. The Morgan fingerprint density at radius 2 is 1.71 bits per heavy atom. The fraction of sp³-hybridized carbons (Fsp3) is 0.211. The number of nitro groups is 1. The van der Waals surface area contributed by atoms with Crippen LogP contribution in [0.5, 0.6) is 0 Å². The average Bonchev–Trinajstić information content (AvgIpc) is 2.81. The Labute approximate surface area is 140 Å². The van der Waals surface area contributed by atoms with Crippen LogP contribution in [0.4, 0.5) is 5.69 Å². The molecule has 0 spiro atoms. The summed E-state index contributed by atoms with van der Waals surface area (Å²) >= 11 is 0. The number of hydrogen-bond donors (Lipinski definition) is 0. The molecule has 0 aliphatic carbocycles. The molecule has 0 fully saturated rings. The Hall–Kier alpha value is -2.95. The summed E-state index contributed by atoms with van der Waals surface area (Å²) in [6, 6.07) is 14.2. The molecular weight excluding hydrogens is 304 g/mol. The van der Waals surface area contributed by atoms with Crippen molar-refractivity contribution in [3.05, 3.63) is 81.0 Å². The average molecular weight is 322 g/mol. The predicted molar refractivity (Wildman–Crippen MR) is 93.6 cm³/mol. The van der Waals surface area contributed by atoms with E-state index in [2.05, 4.69) is 13.8 Å². The summed E-state index contributed by atoms with van der Waals surface area (Å²) in [4.78, 5) is 25.5. The minimum absolute atomic E-state index is 0.110. The summed E-state index contributed by atoms with van der Waals surface area (Å²) in [5.41, 5.74) is 2.67. The van der Waals surface area contributed by atoms with Crippen LogP contribution >= 0.6 is 0 Å². The SMILES string of the molecule is CC(C)c1ccc(/C(=C2/C(=O)c3ccccc3N2C)[N+](=O)[O-])cc1. The van der Waals surface area contributed by atoms with Gasteiger partial charge in [-0.25, -0.2) is 0 Å². The summed E-state index contributed by atoms with van der Waals surface area (Å²) in [5.74, 6) is 0.0264. The highest BCUT2D eigenvalue weighted by atomic mass is 16.6. The number of fused-ring (bicyclic) bond motifs is 1. The predicted octanol–water partition coefficient (Wildman–Crippen LogP) is 4.09. The zero-order valence-electron chi connectivity index (χ0n) is 13.8. The van der Waals surface area contributed by atoms with E-state index in [1.807, 2.05) is 18.2 Å². The van der Waals surface area contributed by atoms with Crippen molar-refractivity contribution in [1.29, 1.82) is 0 Å². The second-order valence-electron chi connectivity index (χ2n) is 6.14. The lowest BCUT2D eigenvalue weighted by Gasteiger charge is -2.14. The van der Waals surface area contributed by atoms with Gasteiger partial charge in [0.05, 0.1) is 16.2 Å². The van der Waals surface area contributed by atoms with E-state index in [0.717, 1.165) is 5.56 Å². The molecule has 0 amide bonds. The molecule has 0 unspecified atom stereocenters. The quantitative estimate of drug-likeness (QED) is 0.485. The van der Waals surface area contributed by atoms with Crippen LogP contribution in [-0.2, 0) is 0 Å². The summed E-state index contributed by atoms with van der Waals surface area (Å²) in [6.45, 7) is 4.12. The lowest BCUT2D eigenvalue weighted by molar-refractivity contribution is -0.376. The van der Waals surface area contributed by atoms with Crippen LogP contribution < -0.4 is 4.90 Å². The first-order chi connectivity index (χ1) is 11.4. The van der Waals surface area contributed by atoms with Crippen molar-refractivity contribution in [2.75, 3.05) is 11.9 Å². The van der Waals surface area contributed by atoms with Crippen molar-refractivity contribution >= 4 is 17.2 Å². The molecule has 0 saturated heterocycles. The number of Topliss-reactive ketones (excluding diaryl/α,β-unsaturated/α-hetero) is 1. The Balaban J connectivity index is 2.17. The molecule has 2 aromatic rings. The Morgan fingerprint density at radius 1 is 1.08 bits per heavy atom. The number of likely N-dealkylation sites (N-methyl/N-ethyl adjacent to an activating group) is 1. The van der Waals surface area contributed by atoms with Gasteiger partial charge in [0, 0.05) is 12.6 Å². The fourth-order valence-electron chi connectivity index (χ4n) is 2.98. The number of anilines is 1. The molecule has 2 aromatic carbocycles. The van der Waals surface area contributed by atoms with E-state index in [9.17, 15) is 14.9 Å². The first kappa shape index (κ1) is 15.9. The van der Waals surface area contributed by atoms with E-state index in [4.69, 9.17) is 0 Å². The highest BCUT2D eigenvalue weighted by Gasteiger charge is 2.37. The molecule has 0 radical (unpaired) electrons. The van der Waals surface area contributed by atoms with Crippen molar-refractivity contribution in [3.8, 4) is 0 Å². The van der Waals surface area contributed by atoms with Gasteiger partial charge in [-0.05, 0) is 35.7 Å². The molecule has 0 atom stereocenters. The van der Waals surface area contributed by atoms with Crippen molar-refractivity contribution in [2.24, 2.45) is 0 Å². The van der Waals surface area contributed by atoms with Crippen LogP contribution in [0.15, 0.2) is 54.2 Å². The number of hydrogen-bond acceptors (Lipinski definition) is 4. The third-order valence-electron chi connectivity index (χ3n) is 4.32. The molecule has 5 nitrogen and oxygen atoms in total. The highest BCUT2D eigenvalue weighted by molar-refractivity contribution is 6.21. The molecule has 1 aliphatic rings. The van der Waals surface area contributed by atoms with E-state index in [1.54, 1.807) is 42.3 Å². The molecular formula is C19H18N2O3. The summed E-state index contributed by atoms with van der Waals surface area (Å²) in [5, 5.41) is 11.7. The van der Waals surface area contributed by atoms with Crippen LogP contribution in [0.2, 0.25) is 0 Å². The van der Waals surface area contributed by atoms with Gasteiger partial charge in [-0.1, -0.05) is 38.1 Å². The fourth-order valence-corrected chi connectivity index (χ4v) is 2.98. The van der Waals surface area contributed by atoms with E-state index in [0.29, 0.717) is 22.7 Å². The lowest BCUT2D eigenvalue weighted by atomic mass is 10.00. The maximum absolute atomic E-state index is 12.7. The zero-order valence-corrected chi connectivity index (χ0v) is 13.8. The minimum Gasteiger partial charge on any atom is -0.335 e. The maximum Gasteiger partial charge on any atom is 0.304 e. The number of benzene rings is 2. The van der Waals surface area contributed by atoms with E-state index >= 15 is 0 Å². The van der Waals surface area contributed by atoms with E-state index in [1.165, 1.54) is 0 Å². The topological polar surface area (TPSA) is 63.5 Å². The number of carbonyl (C=O) groups is 1. The molecule has 122 valence electrons. The Bertz CT molecular complexity index is 851. The van der Waals surface area contributed by atoms with E-state index in [-0.39, 0.29) is 17.2 Å². The molecule has 1 heterocycles. The number of para-hydroxylation sites is 1. The van der Waals surface area contributed by atoms with Crippen LogP contribution in [0.3, 0.4) is 0 Å². The Kier molecular flexibility index (Phi) is 3.93. The monoisotopic (exact) mass is 322 g/mol. The smallest absolute Gasteiger partial charge is 0.304 e. The second-order valence-corrected chi connectivity index (χ2v) is 6.14.